The molecule has 5 heterocycles. The van der Waals surface area contributed by atoms with Crippen LogP contribution in [0.1, 0.15) is 171 Å². The molecule has 29 heteroatoms. The van der Waals surface area contributed by atoms with E-state index in [-0.39, 0.29) is 100 Å². The Hall–Kier alpha value is -7.19. The predicted octanol–water partition coefficient (Wildman–Crippen LogP) is 16.5. The average molecular weight is 1640 g/mol. The van der Waals surface area contributed by atoms with Crippen LogP contribution in [0.3, 0.4) is 0 Å². The number of aryl methyl sites for hydroxylation is 4. The Bertz CT molecular complexity index is 4240. The number of carbonyl (C=O) groups is 6. The number of rotatable bonds is 30. The van der Waals surface area contributed by atoms with Gasteiger partial charge in [-0.05, 0) is 185 Å². The fraction of sp³-hybridized carbons (Fsp3) is 0.531. The standard InChI is InChI=1S/C21H31F2NO3SSi.C20H29F2NO4SSi.C17H23NO3S.C15H19NO3S.C8H13NO/c1-7-9-10-17-15-20(8-2,21(22,23)29(4,5)6)19(25)24(17)28(26,27)18-13-11-16(3)12-14-18;1-6-19(20(21,22)29(3,4)5)14-16(8-7-13-24)23(18(19)25)28(26,27)17-11-9-15(2)10-12-17;1-4-6-7-15-12-14(5-2)17(19)18(15)22(20,21)16-10-8-13(3)9-11-16;1-3-4-5-13-8-11-15(17)16(13)20(18,19)14-9-6-12(2)7-10-14;1-2-3-4-7-5-6-8(10)9-7/h7,11-14,17H,1,8-10,15H2,2-6H3;9-13,16H,6-8,14H2,1-5H3;4,8-11,14-15H,1,5-7,12H2,2-3H3;3,6-7,9-10,13H,1,4-5,8,11H2,2H3;2,7H,1,3-6H2,(H,9,10)/t17-,20?;16-,19?;14?,15-;13-;7-/m11111/s1. The minimum absolute atomic E-state index is 0.00379. The molecule has 5 saturated heterocycles. The highest BCUT2D eigenvalue weighted by Crippen LogP contribution is 2.57. The SMILES string of the molecule is C=CCC[C@@H]1CC(CC)(C(F)(F)[Si](C)(C)C)C(=O)N1S(=O)(=O)c1ccc(C)cc1.C=CCC[C@@H]1CC(CC)C(=O)N1S(=O)(=O)c1ccc(C)cc1.C=CCC[C@@H]1CCC(=O)N1.C=CCC[C@@H]1CCC(=O)N1S(=O)(=O)c1ccc(C)cc1.CCC1(C(F)(F)[Si](C)(C)C)C[C@@H](CCC=O)N(S(=O)(=O)c2ccc(C)cc2)C1=O. The fourth-order valence-corrected chi connectivity index (χ4v) is 25.1. The highest BCUT2D eigenvalue weighted by atomic mass is 32.2. The minimum Gasteiger partial charge on any atom is -0.353 e. The Morgan fingerprint density at radius 2 is 0.773 bits per heavy atom. The van der Waals surface area contributed by atoms with Crippen molar-refractivity contribution in [2.24, 2.45) is 16.7 Å². The van der Waals surface area contributed by atoms with Crippen molar-refractivity contribution >= 4 is 92.1 Å². The molecule has 0 bridgehead atoms. The molecular formula is C81H115F4N5O14S4Si2. The minimum atomic E-state index is -4.32. The van der Waals surface area contributed by atoms with Crippen LogP contribution >= 0.6 is 0 Å². The van der Waals surface area contributed by atoms with Gasteiger partial charge in [-0.1, -0.05) is 155 Å². The summed E-state index contributed by atoms with van der Waals surface area (Å²) < 4.78 is 170. The lowest BCUT2D eigenvalue weighted by molar-refractivity contribution is -0.147. The molecule has 9 rings (SSSR count). The van der Waals surface area contributed by atoms with Gasteiger partial charge in [-0.25, -0.2) is 68.5 Å². The molecule has 8 atom stereocenters. The lowest BCUT2D eigenvalue weighted by Crippen LogP contribution is -2.60. The van der Waals surface area contributed by atoms with Crippen molar-refractivity contribution < 1.29 is 80.0 Å². The first-order valence-corrected chi connectivity index (χ1v) is 50.5. The smallest absolute Gasteiger partial charge is 0.266 e. The van der Waals surface area contributed by atoms with E-state index < -0.39 is 102 Å². The zero-order valence-corrected chi connectivity index (χ0v) is 71.5. The maximum atomic E-state index is 15.7. The molecule has 0 aliphatic carbocycles. The number of halogens is 4. The third-order valence-corrected chi connectivity index (χ3v) is 33.6. The monoisotopic (exact) mass is 1640 g/mol. The molecule has 5 aliphatic heterocycles. The van der Waals surface area contributed by atoms with E-state index in [1.54, 1.807) is 105 Å². The Labute approximate surface area is 654 Å². The first kappa shape index (κ1) is 93.4. The van der Waals surface area contributed by atoms with Gasteiger partial charge in [-0.2, -0.15) is 0 Å². The molecule has 19 nitrogen and oxygen atoms in total. The van der Waals surface area contributed by atoms with Gasteiger partial charge in [0.05, 0.1) is 19.6 Å². The van der Waals surface area contributed by atoms with E-state index in [0.29, 0.717) is 80.8 Å². The third-order valence-electron chi connectivity index (χ3n) is 21.4. The van der Waals surface area contributed by atoms with Crippen molar-refractivity contribution in [3.05, 3.63) is 170 Å². The summed E-state index contributed by atoms with van der Waals surface area (Å²) in [6.07, 6.45) is 16.3. The fourth-order valence-electron chi connectivity index (χ4n) is 14.7. The van der Waals surface area contributed by atoms with Crippen LogP contribution in [0.25, 0.3) is 0 Å². The van der Waals surface area contributed by atoms with E-state index in [2.05, 4.69) is 31.6 Å². The van der Waals surface area contributed by atoms with Gasteiger partial charge in [0.2, 0.25) is 40.6 Å². The number of benzene rings is 4. The Morgan fingerprint density at radius 1 is 0.455 bits per heavy atom. The maximum Gasteiger partial charge on any atom is 0.266 e. The molecule has 1 N–H and O–H groups in total. The van der Waals surface area contributed by atoms with E-state index >= 15 is 17.6 Å². The van der Waals surface area contributed by atoms with E-state index in [9.17, 15) is 62.4 Å². The summed E-state index contributed by atoms with van der Waals surface area (Å²) in [6, 6.07) is 23.4. The van der Waals surface area contributed by atoms with Crippen LogP contribution in [0.4, 0.5) is 17.6 Å². The van der Waals surface area contributed by atoms with Crippen molar-refractivity contribution in [3.63, 3.8) is 0 Å². The Morgan fingerprint density at radius 3 is 1.08 bits per heavy atom. The van der Waals surface area contributed by atoms with Gasteiger partial charge in [-0.15, -0.1) is 26.3 Å². The highest BCUT2D eigenvalue weighted by molar-refractivity contribution is 7.90. The van der Waals surface area contributed by atoms with Gasteiger partial charge in [0.25, 0.3) is 40.1 Å². The van der Waals surface area contributed by atoms with Crippen molar-refractivity contribution in [2.75, 3.05) is 0 Å². The summed E-state index contributed by atoms with van der Waals surface area (Å²) in [4.78, 5) is 73.1. The number of amides is 5. The van der Waals surface area contributed by atoms with Crippen molar-refractivity contribution in [1.29, 1.82) is 0 Å². The van der Waals surface area contributed by atoms with Crippen molar-refractivity contribution in [1.82, 2.24) is 22.5 Å². The van der Waals surface area contributed by atoms with Crippen LogP contribution in [0, 0.1) is 44.4 Å². The van der Waals surface area contributed by atoms with Crippen LogP contribution in [-0.2, 0) is 68.9 Å². The van der Waals surface area contributed by atoms with E-state index in [1.807, 2.05) is 33.8 Å². The molecule has 5 fully saturated rings. The average Bonchev–Trinajstić information content (AvgIpc) is 1.54. The molecule has 0 radical (unpaired) electrons. The van der Waals surface area contributed by atoms with Gasteiger partial charge < -0.3 is 10.1 Å². The number of hydrogen-bond acceptors (Lipinski definition) is 14. The van der Waals surface area contributed by atoms with Crippen LogP contribution in [0.2, 0.25) is 39.3 Å². The summed E-state index contributed by atoms with van der Waals surface area (Å²) in [5.74, 6) is -2.59. The van der Waals surface area contributed by atoms with E-state index in [4.69, 9.17) is 0 Å². The second-order valence-corrected chi connectivity index (χ2v) is 48.7. The number of nitrogens with zero attached hydrogens (tertiary/aromatic N) is 4. The first-order chi connectivity index (χ1) is 51.2. The Balaban J connectivity index is 0.000000254. The normalized spacial score (nSPS) is 22.5. The predicted molar refractivity (Wildman–Crippen MR) is 429 cm³/mol. The summed E-state index contributed by atoms with van der Waals surface area (Å²) in [7, 11) is -22.4. The van der Waals surface area contributed by atoms with Crippen LogP contribution < -0.4 is 5.32 Å². The number of hydrogen-bond donors (Lipinski definition) is 1. The molecule has 4 aromatic carbocycles. The molecule has 110 heavy (non-hydrogen) atoms. The van der Waals surface area contributed by atoms with Gasteiger partial charge in [0.1, 0.15) is 33.3 Å². The molecule has 4 aromatic rings. The molecule has 0 saturated carbocycles. The van der Waals surface area contributed by atoms with E-state index in [1.165, 1.54) is 70.5 Å². The molecule has 5 amide bonds. The van der Waals surface area contributed by atoms with Crippen LogP contribution in [0.15, 0.2) is 167 Å². The number of allylic oxidation sites excluding steroid dienone is 4. The lowest BCUT2D eigenvalue weighted by atomic mass is 9.81. The summed E-state index contributed by atoms with van der Waals surface area (Å²) in [6.45, 7) is 36.0. The van der Waals surface area contributed by atoms with Crippen LogP contribution in [0.5, 0.6) is 0 Å². The number of alkyl halides is 4. The summed E-state index contributed by atoms with van der Waals surface area (Å²) in [5, 5.41) is 2.90. The van der Waals surface area contributed by atoms with Crippen molar-refractivity contribution in [2.45, 2.75) is 277 Å². The zero-order valence-electron chi connectivity index (χ0n) is 66.2. The third kappa shape index (κ3) is 20.6. The van der Waals surface area contributed by atoms with Crippen molar-refractivity contribution in [3.8, 4) is 0 Å². The van der Waals surface area contributed by atoms with Gasteiger partial charge in [-0.3, -0.25) is 24.0 Å². The van der Waals surface area contributed by atoms with Crippen LogP contribution in [-0.4, -0.2) is 144 Å². The second kappa shape index (κ2) is 38.6. The molecule has 608 valence electrons. The quantitative estimate of drug-likeness (QED) is 0.0220. The largest absolute Gasteiger partial charge is 0.353 e. The van der Waals surface area contributed by atoms with Gasteiger partial charge in [0.15, 0.2) is 0 Å². The van der Waals surface area contributed by atoms with Gasteiger partial charge >= 0.3 is 0 Å². The summed E-state index contributed by atoms with van der Waals surface area (Å²) >= 11 is 0. The number of carbonyl (C=O) groups excluding carboxylic acids is 6. The number of aldehydes is 1. The lowest BCUT2D eigenvalue weighted by Gasteiger charge is -2.41. The Kier molecular flexibility index (Phi) is 32.7. The molecule has 3 unspecified atom stereocenters. The highest BCUT2D eigenvalue weighted by Gasteiger charge is 2.71. The topological polar surface area (TPSA) is 264 Å². The molecule has 0 aromatic heterocycles. The first-order valence-electron chi connectivity index (χ1n) is 37.7. The molecular weight excluding hydrogens is 1530 g/mol. The maximum absolute atomic E-state index is 15.7. The summed E-state index contributed by atoms with van der Waals surface area (Å²) in [5.41, 5.74) is -6.95. The molecule has 0 spiro atoms. The molecule has 5 aliphatic rings. The second-order valence-electron chi connectivity index (χ2n) is 31.2. The van der Waals surface area contributed by atoms with Gasteiger partial charge in [0, 0.05) is 55.4 Å². The zero-order chi connectivity index (χ0) is 83.0. The van der Waals surface area contributed by atoms with E-state index in [0.717, 1.165) is 54.4 Å². The number of sulfonamides is 4. The number of nitrogens with one attached hydrogen (secondary N) is 1.